The zero-order chi connectivity index (χ0) is 21.4. The summed E-state index contributed by atoms with van der Waals surface area (Å²) in [6, 6.07) is 14.8. The number of nitrogens with one attached hydrogen (secondary N) is 2. The van der Waals surface area contributed by atoms with Crippen LogP contribution < -0.4 is 22.4 Å². The van der Waals surface area contributed by atoms with E-state index in [1.165, 1.54) is 6.92 Å². The largest absolute Gasteiger partial charge is 0.479 e. The lowest BCUT2D eigenvalue weighted by Gasteiger charge is -2.20. The molecular weight excluding hydrogens is 398 g/mol. The smallest absolute Gasteiger partial charge is 0.332 e. The first kappa shape index (κ1) is 22.2. The van der Waals surface area contributed by atoms with Crippen molar-refractivity contribution in [1.82, 2.24) is 10.7 Å². The molecule has 10 heteroatoms. The van der Waals surface area contributed by atoms with Crippen molar-refractivity contribution in [1.29, 1.82) is 0 Å². The lowest BCUT2D eigenvalue weighted by Crippen LogP contribution is -2.50. The molecule has 0 aromatic heterocycles. The third kappa shape index (κ3) is 6.46. The van der Waals surface area contributed by atoms with Crippen molar-refractivity contribution in [3.63, 3.8) is 0 Å². The Morgan fingerprint density at radius 1 is 1.21 bits per heavy atom. The van der Waals surface area contributed by atoms with E-state index >= 15 is 0 Å². The van der Waals surface area contributed by atoms with Gasteiger partial charge < -0.3 is 15.7 Å². The number of carbonyl (C=O) groups excluding carboxylic acids is 1. The topological polar surface area (TPSA) is 152 Å². The fourth-order valence-electron chi connectivity index (χ4n) is 2.53. The minimum absolute atomic E-state index is 0.127. The van der Waals surface area contributed by atoms with E-state index in [2.05, 4.69) is 15.8 Å². The van der Waals surface area contributed by atoms with Crippen molar-refractivity contribution < 1.29 is 19.4 Å². The third-order valence-electron chi connectivity index (χ3n) is 4.05. The van der Waals surface area contributed by atoms with Crippen LogP contribution in [0, 0.1) is 0 Å². The molecule has 0 spiro atoms. The molecule has 0 aliphatic rings. The van der Waals surface area contributed by atoms with Gasteiger partial charge in [-0.05, 0) is 35.7 Å². The number of hydrazone groups is 1. The molecule has 29 heavy (non-hydrogen) atoms. The number of hydrogen-bond donors (Lipinski definition) is 5. The average Bonchev–Trinajstić information content (AvgIpc) is 2.71. The zero-order valence-corrected chi connectivity index (χ0v) is 16.4. The van der Waals surface area contributed by atoms with E-state index in [-0.39, 0.29) is 12.4 Å². The molecule has 2 aromatic carbocycles. The lowest BCUT2D eigenvalue weighted by molar-refractivity contribution is -0.156. The number of rotatable bonds is 7. The van der Waals surface area contributed by atoms with Gasteiger partial charge in [-0.25, -0.2) is 10.6 Å². The Kier molecular flexibility index (Phi) is 7.96. The molecule has 2 rings (SSSR count). The molecule has 0 saturated carbocycles. The summed E-state index contributed by atoms with van der Waals surface area (Å²) in [4.78, 5) is 23.6. The molecule has 0 unspecified atom stereocenters. The van der Waals surface area contributed by atoms with E-state index in [0.29, 0.717) is 5.02 Å². The van der Waals surface area contributed by atoms with Crippen molar-refractivity contribution >= 4 is 29.4 Å². The molecule has 154 valence electrons. The van der Waals surface area contributed by atoms with Crippen LogP contribution in [-0.2, 0) is 20.7 Å². The van der Waals surface area contributed by atoms with Gasteiger partial charge in [0.15, 0.2) is 6.10 Å². The molecule has 0 bridgehead atoms. The number of amides is 1. The van der Waals surface area contributed by atoms with Crippen molar-refractivity contribution in [3.05, 3.63) is 59.1 Å². The van der Waals surface area contributed by atoms with Gasteiger partial charge in [0.2, 0.25) is 5.96 Å². The number of carboxylic acids is 1. The van der Waals surface area contributed by atoms with Crippen molar-refractivity contribution in [3.8, 4) is 11.1 Å². The molecule has 9 nitrogen and oxygen atoms in total. The molecule has 0 fully saturated rings. The van der Waals surface area contributed by atoms with Gasteiger partial charge in [0.05, 0.1) is 0 Å². The highest BCUT2D eigenvalue weighted by atomic mass is 35.5. The summed E-state index contributed by atoms with van der Waals surface area (Å²) in [7, 11) is 0. The van der Waals surface area contributed by atoms with Crippen LogP contribution in [0.1, 0.15) is 12.5 Å². The second-order valence-electron chi connectivity index (χ2n) is 6.13. The number of benzene rings is 2. The van der Waals surface area contributed by atoms with Crippen LogP contribution >= 0.6 is 11.6 Å². The van der Waals surface area contributed by atoms with Crippen molar-refractivity contribution in [2.75, 3.05) is 0 Å². The molecule has 0 aliphatic heterocycles. The number of hydrazine groups is 1. The first-order valence-electron chi connectivity index (χ1n) is 8.62. The number of ether oxygens (including phenoxy) is 1. The number of nitrogens with two attached hydrogens (primary N) is 2. The normalized spacial score (nSPS) is 13.4. The van der Waals surface area contributed by atoms with Crippen molar-refractivity contribution in [2.45, 2.75) is 25.6 Å². The monoisotopic (exact) mass is 419 g/mol. The highest BCUT2D eigenvalue weighted by molar-refractivity contribution is 6.30. The summed E-state index contributed by atoms with van der Waals surface area (Å²) < 4.78 is 5.40. The maximum Gasteiger partial charge on any atom is 0.332 e. The van der Waals surface area contributed by atoms with Crippen LogP contribution in [0.2, 0.25) is 5.02 Å². The number of carbonyl (C=O) groups is 2. The second-order valence-corrected chi connectivity index (χ2v) is 6.56. The first-order chi connectivity index (χ1) is 13.8. The quantitative estimate of drug-likeness (QED) is 0.196. The Morgan fingerprint density at radius 3 is 2.45 bits per heavy atom. The molecule has 0 aliphatic carbocycles. The Balaban J connectivity index is 2.18. The summed E-state index contributed by atoms with van der Waals surface area (Å²) in [6.07, 6.45) is -2.18. The summed E-state index contributed by atoms with van der Waals surface area (Å²) in [6.45, 7) is 1.34. The van der Waals surface area contributed by atoms with Crippen LogP contribution in [0.3, 0.4) is 0 Å². The lowest BCUT2D eigenvalue weighted by atomic mass is 10.0. The predicted molar refractivity (Wildman–Crippen MR) is 110 cm³/mol. The van der Waals surface area contributed by atoms with Crippen LogP contribution in [-0.4, -0.2) is 35.2 Å². The van der Waals surface area contributed by atoms with Crippen molar-refractivity contribution in [2.24, 2.45) is 16.8 Å². The highest BCUT2D eigenvalue weighted by Gasteiger charge is 2.26. The molecule has 2 aromatic rings. The van der Waals surface area contributed by atoms with Gasteiger partial charge in [0, 0.05) is 11.4 Å². The van der Waals surface area contributed by atoms with Crippen LogP contribution in [0.25, 0.3) is 11.1 Å². The molecular formula is C19H22ClN5O4. The summed E-state index contributed by atoms with van der Waals surface area (Å²) >= 11 is 6.03. The first-order valence-corrected chi connectivity index (χ1v) is 9.00. The number of nitrogens with zero attached hydrogens (tertiary/aromatic N) is 1. The van der Waals surface area contributed by atoms with Crippen LogP contribution in [0.4, 0.5) is 0 Å². The number of halogens is 1. The third-order valence-corrected chi connectivity index (χ3v) is 4.28. The van der Waals surface area contributed by atoms with Gasteiger partial charge in [-0.15, -0.1) is 5.10 Å². The summed E-state index contributed by atoms with van der Waals surface area (Å²) in [5.74, 6) is 8.29. The zero-order valence-electron chi connectivity index (χ0n) is 15.6. The summed E-state index contributed by atoms with van der Waals surface area (Å²) in [5.41, 5.74) is 4.78. The van der Waals surface area contributed by atoms with Gasteiger partial charge >= 0.3 is 5.97 Å². The number of guanidine groups is 1. The maximum atomic E-state index is 12.5. The van der Waals surface area contributed by atoms with Gasteiger partial charge in [0.25, 0.3) is 5.91 Å². The summed E-state index contributed by atoms with van der Waals surface area (Å²) in [5, 5.41) is 15.3. The van der Waals surface area contributed by atoms with Gasteiger partial charge in [-0.1, -0.05) is 48.0 Å². The van der Waals surface area contributed by atoms with Gasteiger partial charge in [-0.3, -0.25) is 15.5 Å². The fraction of sp³-hybridized carbons (Fsp3) is 0.211. The molecule has 1 amide bonds. The van der Waals surface area contributed by atoms with E-state index in [4.69, 9.17) is 33.1 Å². The highest BCUT2D eigenvalue weighted by Crippen LogP contribution is 2.23. The molecule has 7 N–H and O–H groups in total. The average molecular weight is 420 g/mol. The second kappa shape index (κ2) is 10.4. The number of aliphatic carboxylic acids is 1. The van der Waals surface area contributed by atoms with Gasteiger partial charge in [-0.2, -0.15) is 0 Å². The Labute approximate surface area is 172 Å². The number of hydrogen-bond acceptors (Lipinski definition) is 6. The predicted octanol–water partition coefficient (Wildman–Crippen LogP) is 1.22. The SMILES string of the molecule is C[C@H](O[C@@H](Cc1ccc(-c2cccc(Cl)c2)cc1)C(=O)N/C(=N/N)NN)C(=O)O. The molecule has 0 radical (unpaired) electrons. The maximum absolute atomic E-state index is 12.5. The molecule has 0 heterocycles. The van der Waals surface area contributed by atoms with E-state index in [1.807, 2.05) is 42.5 Å². The Hall–Kier alpha value is -3.14. The minimum atomic E-state index is -1.19. The molecule has 2 atom stereocenters. The fourth-order valence-corrected chi connectivity index (χ4v) is 2.72. The van der Waals surface area contributed by atoms with Gasteiger partial charge in [0.1, 0.15) is 6.10 Å². The van der Waals surface area contributed by atoms with E-state index in [1.54, 1.807) is 6.07 Å². The Morgan fingerprint density at radius 2 is 1.90 bits per heavy atom. The van der Waals surface area contributed by atoms with E-state index in [0.717, 1.165) is 16.7 Å². The minimum Gasteiger partial charge on any atom is -0.479 e. The van der Waals surface area contributed by atoms with E-state index in [9.17, 15) is 9.59 Å². The molecule has 0 saturated heterocycles. The van der Waals surface area contributed by atoms with E-state index < -0.39 is 24.1 Å². The van der Waals surface area contributed by atoms with Crippen LogP contribution in [0.5, 0.6) is 0 Å². The Bertz CT molecular complexity index is 888. The number of carboxylic acid groups (broad SMARTS) is 1. The standard InChI is InChI=1S/C19H22ClN5O4/c1-11(18(27)28)29-16(17(26)23-19(24-21)25-22)9-12-5-7-13(8-6-12)14-3-2-4-15(20)10-14/h2-8,10-11,16H,9,21-22H2,1H3,(H,27,28)(H2,23,24,25,26)/t11-,16-/m0/s1. The van der Waals surface area contributed by atoms with Crippen LogP contribution in [0.15, 0.2) is 53.6 Å².